The monoisotopic (exact) mass is 190 g/mol. The number of rotatable bonds is 2. The third kappa shape index (κ3) is 1.17. The van der Waals surface area contributed by atoms with Gasteiger partial charge in [0.15, 0.2) is 12.6 Å². The number of hydrogen-bond donors (Lipinski definition) is 0. The summed E-state index contributed by atoms with van der Waals surface area (Å²) in [5.74, 6) is 0. The Morgan fingerprint density at radius 2 is 1.92 bits per heavy atom. The molecular weight excluding hydrogens is 184 g/mol. The Morgan fingerprint density at radius 1 is 1.08 bits per heavy atom. The number of benzene rings is 1. The van der Waals surface area contributed by atoms with Crippen LogP contribution in [0.25, 0.3) is 10.1 Å². The Bertz CT molecular complexity index is 471. The molecule has 0 aliphatic rings. The Kier molecular flexibility index (Phi) is 1.94. The third-order valence-corrected chi connectivity index (χ3v) is 2.90. The highest BCUT2D eigenvalue weighted by molar-refractivity contribution is 7.17. The number of carbonyl (C=O) groups is 2. The van der Waals surface area contributed by atoms with Gasteiger partial charge in [0, 0.05) is 15.8 Å². The van der Waals surface area contributed by atoms with Crippen LogP contribution in [0.15, 0.2) is 23.6 Å². The van der Waals surface area contributed by atoms with Crippen LogP contribution >= 0.6 is 11.3 Å². The van der Waals surface area contributed by atoms with Crippen LogP contribution in [0.1, 0.15) is 20.7 Å². The molecule has 3 heteroatoms. The van der Waals surface area contributed by atoms with Crippen LogP contribution in [-0.2, 0) is 0 Å². The minimum Gasteiger partial charge on any atom is -0.298 e. The fourth-order valence-electron chi connectivity index (χ4n) is 1.29. The first-order valence-electron chi connectivity index (χ1n) is 3.77. The molecule has 2 aromatic rings. The Hall–Kier alpha value is -1.48. The molecular formula is C10H6O2S. The van der Waals surface area contributed by atoms with E-state index in [0.717, 1.165) is 16.4 Å². The van der Waals surface area contributed by atoms with Crippen LogP contribution in [0.3, 0.4) is 0 Å². The fraction of sp³-hybridized carbons (Fsp3) is 0. The minimum absolute atomic E-state index is 0.463. The molecule has 64 valence electrons. The van der Waals surface area contributed by atoms with Gasteiger partial charge in [-0.2, -0.15) is 0 Å². The van der Waals surface area contributed by atoms with Crippen LogP contribution in [-0.4, -0.2) is 12.6 Å². The van der Waals surface area contributed by atoms with E-state index in [1.165, 1.54) is 11.3 Å². The van der Waals surface area contributed by atoms with E-state index in [1.54, 1.807) is 6.07 Å². The van der Waals surface area contributed by atoms with E-state index in [9.17, 15) is 9.59 Å². The highest BCUT2D eigenvalue weighted by Gasteiger charge is 2.06. The van der Waals surface area contributed by atoms with E-state index in [2.05, 4.69) is 0 Å². The third-order valence-electron chi connectivity index (χ3n) is 1.94. The zero-order valence-electron chi connectivity index (χ0n) is 6.69. The lowest BCUT2D eigenvalue weighted by Crippen LogP contribution is -1.89. The van der Waals surface area contributed by atoms with E-state index < -0.39 is 0 Å². The Morgan fingerprint density at radius 3 is 2.62 bits per heavy atom. The molecule has 0 saturated heterocycles. The number of fused-ring (bicyclic) bond motifs is 1. The van der Waals surface area contributed by atoms with Crippen molar-refractivity contribution in [3.05, 3.63) is 34.7 Å². The van der Waals surface area contributed by atoms with Crippen molar-refractivity contribution in [3.63, 3.8) is 0 Å². The van der Waals surface area contributed by atoms with Crippen molar-refractivity contribution in [2.75, 3.05) is 0 Å². The number of hydrogen-bond acceptors (Lipinski definition) is 3. The molecule has 0 aliphatic carbocycles. The standard InChI is InChI=1S/C10H6O2S/c11-5-8-2-1-7-3-4-13-10(7)9(8)6-12/h1-6H. The van der Waals surface area contributed by atoms with Gasteiger partial charge in [0.2, 0.25) is 0 Å². The smallest absolute Gasteiger partial charge is 0.152 e. The summed E-state index contributed by atoms with van der Waals surface area (Å²) in [4.78, 5) is 21.3. The lowest BCUT2D eigenvalue weighted by molar-refractivity contribution is 0.109. The molecule has 1 aromatic carbocycles. The summed E-state index contributed by atoms with van der Waals surface area (Å²) in [6.45, 7) is 0. The first-order valence-corrected chi connectivity index (χ1v) is 4.65. The van der Waals surface area contributed by atoms with Gasteiger partial charge in [-0.1, -0.05) is 12.1 Å². The van der Waals surface area contributed by atoms with Crippen molar-refractivity contribution in [2.45, 2.75) is 0 Å². The van der Waals surface area contributed by atoms with Crippen LogP contribution in [0.4, 0.5) is 0 Å². The summed E-state index contributed by atoms with van der Waals surface area (Å²) in [6.07, 6.45) is 1.45. The van der Waals surface area contributed by atoms with Gasteiger partial charge in [-0.15, -0.1) is 11.3 Å². The fourth-order valence-corrected chi connectivity index (χ4v) is 2.21. The van der Waals surface area contributed by atoms with Crippen molar-refractivity contribution in [2.24, 2.45) is 0 Å². The average Bonchev–Trinajstić information content (AvgIpc) is 2.63. The van der Waals surface area contributed by atoms with Crippen molar-refractivity contribution in [1.82, 2.24) is 0 Å². The topological polar surface area (TPSA) is 34.1 Å². The maximum atomic E-state index is 10.7. The number of thiophene rings is 1. The molecule has 1 heterocycles. The predicted molar refractivity (Wildman–Crippen MR) is 52.6 cm³/mol. The van der Waals surface area contributed by atoms with E-state index in [-0.39, 0.29) is 0 Å². The molecule has 0 atom stereocenters. The van der Waals surface area contributed by atoms with Gasteiger partial charge in [0.1, 0.15) is 0 Å². The van der Waals surface area contributed by atoms with Gasteiger partial charge in [-0.05, 0) is 16.8 Å². The molecule has 0 radical (unpaired) electrons. The predicted octanol–water partition coefficient (Wildman–Crippen LogP) is 2.53. The van der Waals surface area contributed by atoms with Crippen LogP contribution < -0.4 is 0 Å². The lowest BCUT2D eigenvalue weighted by atomic mass is 10.1. The Balaban J connectivity index is 2.89. The molecule has 2 rings (SSSR count). The molecule has 0 saturated carbocycles. The van der Waals surface area contributed by atoms with Gasteiger partial charge in [-0.25, -0.2) is 0 Å². The summed E-state index contributed by atoms with van der Waals surface area (Å²) in [5, 5.41) is 2.92. The number of aldehydes is 2. The van der Waals surface area contributed by atoms with Crippen LogP contribution in [0, 0.1) is 0 Å². The lowest BCUT2D eigenvalue weighted by Gasteiger charge is -1.97. The van der Waals surface area contributed by atoms with Crippen molar-refractivity contribution < 1.29 is 9.59 Å². The second kappa shape index (κ2) is 3.11. The van der Waals surface area contributed by atoms with Gasteiger partial charge in [0.25, 0.3) is 0 Å². The molecule has 0 unspecified atom stereocenters. The van der Waals surface area contributed by atoms with E-state index >= 15 is 0 Å². The average molecular weight is 190 g/mol. The quantitative estimate of drug-likeness (QED) is 0.682. The highest BCUT2D eigenvalue weighted by atomic mass is 32.1. The Labute approximate surface area is 78.8 Å². The molecule has 0 aliphatic heterocycles. The molecule has 1 aromatic heterocycles. The van der Waals surface area contributed by atoms with Crippen molar-refractivity contribution in [3.8, 4) is 0 Å². The maximum Gasteiger partial charge on any atom is 0.152 e. The van der Waals surface area contributed by atoms with E-state index in [1.807, 2.05) is 17.5 Å². The minimum atomic E-state index is 0.463. The second-order valence-electron chi connectivity index (χ2n) is 2.64. The van der Waals surface area contributed by atoms with Gasteiger partial charge < -0.3 is 0 Å². The summed E-state index contributed by atoms with van der Waals surface area (Å²) >= 11 is 1.48. The normalized spacial score (nSPS) is 10.2. The highest BCUT2D eigenvalue weighted by Crippen LogP contribution is 2.25. The summed E-state index contributed by atoms with van der Waals surface area (Å²) < 4.78 is 0.889. The van der Waals surface area contributed by atoms with Gasteiger partial charge in [-0.3, -0.25) is 9.59 Å². The zero-order chi connectivity index (χ0) is 9.26. The summed E-state index contributed by atoms with van der Waals surface area (Å²) in [7, 11) is 0. The first kappa shape index (κ1) is 8.13. The van der Waals surface area contributed by atoms with Gasteiger partial charge in [0.05, 0.1) is 0 Å². The van der Waals surface area contributed by atoms with E-state index in [4.69, 9.17) is 0 Å². The first-order chi connectivity index (χ1) is 6.36. The van der Waals surface area contributed by atoms with Crippen molar-refractivity contribution in [1.29, 1.82) is 0 Å². The van der Waals surface area contributed by atoms with E-state index in [0.29, 0.717) is 17.4 Å². The molecule has 13 heavy (non-hydrogen) atoms. The van der Waals surface area contributed by atoms with Crippen molar-refractivity contribution >= 4 is 34.0 Å². The maximum absolute atomic E-state index is 10.7. The van der Waals surface area contributed by atoms with Crippen LogP contribution in [0.5, 0.6) is 0 Å². The molecule has 2 nitrogen and oxygen atoms in total. The molecule has 0 bridgehead atoms. The SMILES string of the molecule is O=Cc1ccc2ccsc2c1C=O. The second-order valence-corrected chi connectivity index (χ2v) is 3.56. The largest absolute Gasteiger partial charge is 0.298 e. The van der Waals surface area contributed by atoms with Gasteiger partial charge >= 0.3 is 0 Å². The summed E-state index contributed by atoms with van der Waals surface area (Å²) in [6, 6.07) is 5.45. The summed E-state index contributed by atoms with van der Waals surface area (Å²) in [5.41, 5.74) is 0.965. The van der Waals surface area contributed by atoms with Crippen LogP contribution in [0.2, 0.25) is 0 Å². The molecule has 0 spiro atoms. The molecule has 0 amide bonds. The number of carbonyl (C=O) groups excluding carboxylic acids is 2. The zero-order valence-corrected chi connectivity index (χ0v) is 7.51. The molecule has 0 fully saturated rings. The molecule has 0 N–H and O–H groups in total.